The summed E-state index contributed by atoms with van der Waals surface area (Å²) in [6.45, 7) is 4.12. The molecule has 0 spiro atoms. The van der Waals surface area contributed by atoms with E-state index in [1.165, 1.54) is 0 Å². The van der Waals surface area contributed by atoms with Gasteiger partial charge in [-0.25, -0.2) is 0 Å². The van der Waals surface area contributed by atoms with Crippen LogP contribution in [0.4, 0.5) is 0 Å². The van der Waals surface area contributed by atoms with Crippen molar-refractivity contribution < 1.29 is 15.1 Å². The minimum absolute atomic E-state index is 0.0591. The van der Waals surface area contributed by atoms with Crippen LogP contribution in [0.25, 0.3) is 0 Å². The number of carbonyl (C=O) groups is 1. The SMILES string of the molecule is CC(C)N(O)CCCC(=O)O. The van der Waals surface area contributed by atoms with Crippen LogP contribution in [0, 0.1) is 0 Å². The molecule has 0 radical (unpaired) electrons. The second-order valence-electron chi connectivity index (χ2n) is 2.75. The molecule has 4 nitrogen and oxygen atoms in total. The third kappa shape index (κ3) is 5.82. The van der Waals surface area contributed by atoms with Crippen LogP contribution in [0.3, 0.4) is 0 Å². The molecule has 11 heavy (non-hydrogen) atoms. The largest absolute Gasteiger partial charge is 0.481 e. The first kappa shape index (κ1) is 10.4. The Morgan fingerprint density at radius 2 is 2.09 bits per heavy atom. The van der Waals surface area contributed by atoms with Crippen molar-refractivity contribution in [2.24, 2.45) is 0 Å². The van der Waals surface area contributed by atoms with Crippen molar-refractivity contribution in [1.29, 1.82) is 0 Å². The first-order chi connectivity index (χ1) is 5.04. The summed E-state index contributed by atoms with van der Waals surface area (Å²) in [5, 5.41) is 18.5. The summed E-state index contributed by atoms with van der Waals surface area (Å²) in [5.41, 5.74) is 0. The average molecular weight is 161 g/mol. The van der Waals surface area contributed by atoms with Crippen LogP contribution in [-0.2, 0) is 4.79 Å². The van der Waals surface area contributed by atoms with Crippen LogP contribution < -0.4 is 0 Å². The van der Waals surface area contributed by atoms with Gasteiger partial charge in [0.2, 0.25) is 0 Å². The molecule has 0 rings (SSSR count). The molecule has 2 N–H and O–H groups in total. The van der Waals surface area contributed by atoms with E-state index in [4.69, 9.17) is 10.3 Å². The fourth-order valence-electron chi connectivity index (χ4n) is 0.650. The van der Waals surface area contributed by atoms with Gasteiger partial charge in [0.05, 0.1) is 0 Å². The highest BCUT2D eigenvalue weighted by Crippen LogP contribution is 1.96. The Hall–Kier alpha value is -0.610. The van der Waals surface area contributed by atoms with E-state index in [2.05, 4.69) is 0 Å². The molecule has 0 saturated carbocycles. The molecule has 0 unspecified atom stereocenters. The van der Waals surface area contributed by atoms with Gasteiger partial charge in [0.25, 0.3) is 0 Å². The van der Waals surface area contributed by atoms with Crippen LogP contribution in [-0.4, -0.2) is 33.9 Å². The third-order valence-corrected chi connectivity index (χ3v) is 1.37. The summed E-state index contributed by atoms with van der Waals surface area (Å²) < 4.78 is 0. The van der Waals surface area contributed by atoms with Crippen LogP contribution in [0.1, 0.15) is 26.7 Å². The van der Waals surface area contributed by atoms with Gasteiger partial charge in [-0.1, -0.05) is 0 Å². The van der Waals surface area contributed by atoms with Crippen LogP contribution in [0.2, 0.25) is 0 Å². The van der Waals surface area contributed by atoms with Crippen molar-refractivity contribution in [3.63, 3.8) is 0 Å². The van der Waals surface area contributed by atoms with Gasteiger partial charge >= 0.3 is 5.97 Å². The second kappa shape index (κ2) is 5.09. The molecule has 0 fully saturated rings. The van der Waals surface area contributed by atoms with E-state index in [0.717, 1.165) is 5.06 Å². The van der Waals surface area contributed by atoms with Crippen molar-refractivity contribution in [2.45, 2.75) is 32.7 Å². The number of hydroxylamine groups is 2. The van der Waals surface area contributed by atoms with Crippen LogP contribution in [0.15, 0.2) is 0 Å². The van der Waals surface area contributed by atoms with Gasteiger partial charge in [-0.05, 0) is 20.3 Å². The standard InChI is InChI=1S/C7H15NO3/c1-6(2)8(11)5-3-4-7(9)10/h6,11H,3-5H2,1-2H3,(H,9,10). The van der Waals surface area contributed by atoms with Gasteiger partial charge < -0.3 is 10.3 Å². The highest BCUT2D eigenvalue weighted by atomic mass is 16.5. The zero-order chi connectivity index (χ0) is 8.85. The van der Waals surface area contributed by atoms with Crippen molar-refractivity contribution in [3.8, 4) is 0 Å². The van der Waals surface area contributed by atoms with Crippen LogP contribution >= 0.6 is 0 Å². The fourth-order valence-corrected chi connectivity index (χ4v) is 0.650. The lowest BCUT2D eigenvalue weighted by Crippen LogP contribution is -2.28. The first-order valence-corrected chi connectivity index (χ1v) is 3.71. The molecule has 0 heterocycles. The predicted octanol–water partition coefficient (Wildman–Crippen LogP) is 0.951. The molecule has 0 aliphatic carbocycles. The number of hydrogen-bond donors (Lipinski definition) is 2. The van der Waals surface area contributed by atoms with Crippen molar-refractivity contribution in [3.05, 3.63) is 0 Å². The van der Waals surface area contributed by atoms with Crippen molar-refractivity contribution in [1.82, 2.24) is 5.06 Å². The van der Waals surface area contributed by atoms with Crippen molar-refractivity contribution >= 4 is 5.97 Å². The number of nitrogens with zero attached hydrogens (tertiary/aromatic N) is 1. The minimum Gasteiger partial charge on any atom is -0.481 e. The molecular formula is C7H15NO3. The molecular weight excluding hydrogens is 146 g/mol. The van der Waals surface area contributed by atoms with E-state index in [1.54, 1.807) is 0 Å². The number of aliphatic carboxylic acids is 1. The number of rotatable bonds is 5. The highest BCUT2D eigenvalue weighted by Gasteiger charge is 2.05. The van der Waals surface area contributed by atoms with E-state index in [1.807, 2.05) is 13.8 Å². The minimum atomic E-state index is -0.817. The molecule has 0 saturated heterocycles. The van der Waals surface area contributed by atoms with Crippen LogP contribution in [0.5, 0.6) is 0 Å². The number of carboxylic acid groups (broad SMARTS) is 1. The summed E-state index contributed by atoms with van der Waals surface area (Å²) >= 11 is 0. The summed E-state index contributed by atoms with van der Waals surface area (Å²) in [5.74, 6) is -0.817. The Balaban J connectivity index is 3.31. The molecule has 0 aliphatic rings. The van der Waals surface area contributed by atoms with Gasteiger partial charge in [0, 0.05) is 19.0 Å². The smallest absolute Gasteiger partial charge is 0.303 e. The maximum Gasteiger partial charge on any atom is 0.303 e. The molecule has 0 atom stereocenters. The molecule has 0 aliphatic heterocycles. The fraction of sp³-hybridized carbons (Fsp3) is 0.857. The topological polar surface area (TPSA) is 60.8 Å². The maximum absolute atomic E-state index is 10.1. The molecule has 0 bridgehead atoms. The lowest BCUT2D eigenvalue weighted by molar-refractivity contribution is -0.139. The van der Waals surface area contributed by atoms with E-state index < -0.39 is 5.97 Å². The Kier molecular flexibility index (Phi) is 4.81. The Bertz CT molecular complexity index is 125. The summed E-state index contributed by atoms with van der Waals surface area (Å²) in [7, 11) is 0. The van der Waals surface area contributed by atoms with Gasteiger partial charge in [0.1, 0.15) is 0 Å². The Morgan fingerprint density at radius 1 is 1.55 bits per heavy atom. The molecule has 0 aromatic heterocycles. The zero-order valence-corrected chi connectivity index (χ0v) is 6.95. The molecule has 4 heteroatoms. The van der Waals surface area contributed by atoms with E-state index in [0.29, 0.717) is 13.0 Å². The monoisotopic (exact) mass is 161 g/mol. The highest BCUT2D eigenvalue weighted by molar-refractivity contribution is 5.66. The second-order valence-corrected chi connectivity index (χ2v) is 2.75. The summed E-state index contributed by atoms with van der Waals surface area (Å²) in [6.07, 6.45) is 0.605. The predicted molar refractivity (Wildman–Crippen MR) is 40.5 cm³/mol. The van der Waals surface area contributed by atoms with E-state index >= 15 is 0 Å². The quantitative estimate of drug-likeness (QED) is 0.589. The number of hydrogen-bond acceptors (Lipinski definition) is 3. The molecule has 66 valence electrons. The molecule has 0 amide bonds. The van der Waals surface area contributed by atoms with Gasteiger partial charge in [-0.2, -0.15) is 5.06 Å². The Morgan fingerprint density at radius 3 is 2.45 bits per heavy atom. The maximum atomic E-state index is 10.1. The van der Waals surface area contributed by atoms with E-state index in [9.17, 15) is 4.79 Å². The Labute approximate surface area is 66.4 Å². The zero-order valence-electron chi connectivity index (χ0n) is 6.95. The normalized spacial score (nSPS) is 11.0. The van der Waals surface area contributed by atoms with Gasteiger partial charge in [-0.3, -0.25) is 4.79 Å². The van der Waals surface area contributed by atoms with Gasteiger partial charge in [-0.15, -0.1) is 0 Å². The van der Waals surface area contributed by atoms with Gasteiger partial charge in [0.15, 0.2) is 0 Å². The molecule has 0 aromatic carbocycles. The van der Waals surface area contributed by atoms with E-state index in [-0.39, 0.29) is 12.5 Å². The summed E-state index contributed by atoms with van der Waals surface area (Å²) in [6, 6.07) is 0.0591. The first-order valence-electron chi connectivity index (χ1n) is 3.71. The van der Waals surface area contributed by atoms with Crippen molar-refractivity contribution in [2.75, 3.05) is 6.54 Å². The average Bonchev–Trinajstić information content (AvgIpc) is 1.86. The third-order valence-electron chi connectivity index (χ3n) is 1.37. The molecule has 0 aromatic rings. The summed E-state index contributed by atoms with van der Waals surface area (Å²) in [4.78, 5) is 10.1. The lowest BCUT2D eigenvalue weighted by Gasteiger charge is -2.17. The number of carboxylic acids is 1. The lowest BCUT2D eigenvalue weighted by atomic mass is 10.3.